The first kappa shape index (κ1) is 48.3. The lowest BCUT2D eigenvalue weighted by Gasteiger charge is -2.18. The van der Waals surface area contributed by atoms with E-state index in [1.165, 1.54) is 83.5 Å². The molecule has 0 aromatic rings. The summed E-state index contributed by atoms with van der Waals surface area (Å²) in [7, 11) is 0. The molecule has 0 spiro atoms. The van der Waals surface area contributed by atoms with Gasteiger partial charge in [0.25, 0.3) is 0 Å². The molecule has 0 radical (unpaired) electrons. The van der Waals surface area contributed by atoms with Crippen LogP contribution in [0.4, 0.5) is 0 Å². The van der Waals surface area contributed by atoms with Crippen molar-refractivity contribution in [3.05, 3.63) is 24.3 Å². The van der Waals surface area contributed by atoms with Crippen LogP contribution in [-0.4, -0.2) is 59.3 Å². The predicted molar refractivity (Wildman–Crippen MR) is 208 cm³/mol. The number of aliphatic hydroxyl groups is 1. The summed E-state index contributed by atoms with van der Waals surface area (Å²) in [4.78, 5) is 47.4. The van der Waals surface area contributed by atoms with Crippen LogP contribution in [0.3, 0.4) is 0 Å². The van der Waals surface area contributed by atoms with Crippen LogP contribution in [-0.2, 0) is 23.9 Å². The first-order valence-electron chi connectivity index (χ1n) is 20.7. The first-order valence-corrected chi connectivity index (χ1v) is 20.7. The summed E-state index contributed by atoms with van der Waals surface area (Å²) in [5, 5.41) is 22.5. The lowest BCUT2D eigenvalue weighted by Crippen LogP contribution is -2.47. The smallest absolute Gasteiger partial charge is 0.328 e. The van der Waals surface area contributed by atoms with Gasteiger partial charge in [-0.2, -0.15) is 0 Å². The Bertz CT molecular complexity index is 921. The third kappa shape index (κ3) is 34.2. The van der Waals surface area contributed by atoms with E-state index in [1.807, 2.05) is 0 Å². The number of aliphatic hydroxyl groups excluding tert-OH is 1. The molecule has 0 saturated heterocycles. The number of rotatable bonds is 37. The van der Waals surface area contributed by atoms with Crippen molar-refractivity contribution in [2.45, 2.75) is 206 Å². The Morgan fingerprint density at radius 1 is 0.588 bits per heavy atom. The zero-order chi connectivity index (χ0) is 37.6. The van der Waals surface area contributed by atoms with Crippen LogP contribution < -0.4 is 10.6 Å². The lowest BCUT2D eigenvalue weighted by molar-refractivity contribution is -0.150. The highest BCUT2D eigenvalue weighted by Crippen LogP contribution is 2.19. The largest absolute Gasteiger partial charge is 0.480 e. The van der Waals surface area contributed by atoms with Gasteiger partial charge in [-0.3, -0.25) is 14.4 Å². The number of hydrogen-bond donors (Lipinski definition) is 4. The van der Waals surface area contributed by atoms with Crippen molar-refractivity contribution in [2.75, 3.05) is 13.2 Å². The number of carbonyl (C=O) groups excluding carboxylic acids is 3. The summed E-state index contributed by atoms with van der Waals surface area (Å²) < 4.78 is 5.99. The van der Waals surface area contributed by atoms with E-state index in [0.717, 1.165) is 77.0 Å². The first-order chi connectivity index (χ1) is 24.8. The van der Waals surface area contributed by atoms with Crippen molar-refractivity contribution in [2.24, 2.45) is 0 Å². The SMILES string of the molecule is CCCCC/C=C\C/C=C\CCCCCCCC(=O)OC(CCCCCCCCCC)CCCCCCCC(=O)NCC(=O)NC(CO)C(=O)O. The molecule has 0 saturated carbocycles. The molecular weight excluding hydrogens is 644 g/mol. The average molecular weight is 721 g/mol. The number of carbonyl (C=O) groups is 4. The van der Waals surface area contributed by atoms with E-state index in [-0.39, 0.29) is 24.5 Å². The zero-order valence-electron chi connectivity index (χ0n) is 32.6. The number of carboxylic acids is 1. The van der Waals surface area contributed by atoms with Gasteiger partial charge in [-0.05, 0) is 70.6 Å². The Kier molecular flexibility index (Phi) is 35.1. The van der Waals surface area contributed by atoms with Crippen molar-refractivity contribution >= 4 is 23.8 Å². The van der Waals surface area contributed by atoms with Gasteiger partial charge in [0.2, 0.25) is 11.8 Å². The Hall–Kier alpha value is -2.68. The van der Waals surface area contributed by atoms with Gasteiger partial charge in [0.05, 0.1) is 13.2 Å². The van der Waals surface area contributed by atoms with Crippen LogP contribution in [0.5, 0.6) is 0 Å². The molecule has 0 bridgehead atoms. The molecular formula is C42H76N2O7. The minimum Gasteiger partial charge on any atom is -0.480 e. The van der Waals surface area contributed by atoms with E-state index in [2.05, 4.69) is 48.8 Å². The van der Waals surface area contributed by atoms with Crippen LogP contribution in [0.25, 0.3) is 0 Å². The minimum atomic E-state index is -1.38. The van der Waals surface area contributed by atoms with Gasteiger partial charge < -0.3 is 25.6 Å². The van der Waals surface area contributed by atoms with Gasteiger partial charge >= 0.3 is 11.9 Å². The number of amides is 2. The summed E-state index contributed by atoms with van der Waals surface area (Å²) in [6.07, 6.45) is 39.2. The summed E-state index contributed by atoms with van der Waals surface area (Å²) in [6.45, 7) is 3.44. The highest BCUT2D eigenvalue weighted by Gasteiger charge is 2.19. The van der Waals surface area contributed by atoms with E-state index in [4.69, 9.17) is 14.9 Å². The predicted octanol–water partition coefficient (Wildman–Crippen LogP) is 9.65. The second kappa shape index (κ2) is 37.1. The van der Waals surface area contributed by atoms with Crippen molar-refractivity contribution in [3.63, 3.8) is 0 Å². The van der Waals surface area contributed by atoms with Gasteiger partial charge in [0, 0.05) is 12.8 Å². The molecule has 0 heterocycles. The molecule has 0 fully saturated rings. The Labute approximate surface area is 311 Å². The van der Waals surface area contributed by atoms with E-state index >= 15 is 0 Å². The zero-order valence-corrected chi connectivity index (χ0v) is 32.6. The molecule has 296 valence electrons. The van der Waals surface area contributed by atoms with Gasteiger partial charge in [0.1, 0.15) is 12.1 Å². The quantitative estimate of drug-likeness (QED) is 0.0284. The number of nitrogens with one attached hydrogen (secondary N) is 2. The van der Waals surface area contributed by atoms with Crippen LogP contribution in [0.1, 0.15) is 194 Å². The lowest BCUT2D eigenvalue weighted by atomic mass is 10.0. The molecule has 4 N–H and O–H groups in total. The molecule has 0 aromatic heterocycles. The molecule has 2 unspecified atom stereocenters. The second-order valence-electron chi connectivity index (χ2n) is 14.1. The molecule has 0 aliphatic carbocycles. The number of ether oxygens (including phenoxy) is 1. The number of esters is 1. The van der Waals surface area contributed by atoms with Crippen LogP contribution in [0.2, 0.25) is 0 Å². The summed E-state index contributed by atoms with van der Waals surface area (Å²) >= 11 is 0. The van der Waals surface area contributed by atoms with Crippen LogP contribution in [0.15, 0.2) is 24.3 Å². The maximum absolute atomic E-state index is 12.7. The number of carboxylic acid groups (broad SMARTS) is 1. The van der Waals surface area contributed by atoms with Crippen molar-refractivity contribution in [1.82, 2.24) is 10.6 Å². The van der Waals surface area contributed by atoms with E-state index in [1.54, 1.807) is 0 Å². The molecule has 9 nitrogen and oxygen atoms in total. The minimum absolute atomic E-state index is 0.0148. The Balaban J connectivity index is 4.23. The maximum atomic E-state index is 12.7. The van der Waals surface area contributed by atoms with Crippen LogP contribution >= 0.6 is 0 Å². The van der Waals surface area contributed by atoms with E-state index in [9.17, 15) is 19.2 Å². The molecule has 2 atom stereocenters. The monoisotopic (exact) mass is 721 g/mol. The van der Waals surface area contributed by atoms with Crippen LogP contribution in [0, 0.1) is 0 Å². The summed E-state index contributed by atoms with van der Waals surface area (Å²) in [5.41, 5.74) is 0. The number of hydrogen-bond acceptors (Lipinski definition) is 6. The van der Waals surface area contributed by atoms with Gasteiger partial charge in [-0.1, -0.05) is 134 Å². The van der Waals surface area contributed by atoms with E-state index < -0.39 is 24.5 Å². The fourth-order valence-corrected chi connectivity index (χ4v) is 5.98. The standard InChI is InChI=1S/C42H76N2O7/c1-3-5-7-9-11-13-14-15-16-17-18-19-21-26-30-34-41(48)51-37(31-27-23-20-12-10-8-6-4-2)32-28-24-22-25-29-33-39(46)43-35-40(47)44-38(36-45)42(49)50/h11,13,15-16,37-38,45H,3-10,12,14,17-36H2,1-2H3,(H,43,46)(H,44,47)(H,49,50)/b13-11-,16-15-. The summed E-state index contributed by atoms with van der Waals surface area (Å²) in [6, 6.07) is -1.38. The Morgan fingerprint density at radius 3 is 1.61 bits per heavy atom. The fraction of sp³-hybridized carbons (Fsp3) is 0.810. The maximum Gasteiger partial charge on any atom is 0.328 e. The molecule has 0 aromatic carbocycles. The highest BCUT2D eigenvalue weighted by atomic mass is 16.5. The fourth-order valence-electron chi connectivity index (χ4n) is 5.98. The topological polar surface area (TPSA) is 142 Å². The third-order valence-electron chi connectivity index (χ3n) is 9.20. The average Bonchev–Trinajstić information content (AvgIpc) is 3.11. The van der Waals surface area contributed by atoms with Gasteiger partial charge in [0.15, 0.2) is 0 Å². The molecule has 0 aliphatic heterocycles. The molecule has 0 aliphatic rings. The number of unbranched alkanes of at least 4 members (excludes halogenated alkanes) is 19. The molecule has 9 heteroatoms. The Morgan fingerprint density at radius 2 is 1.06 bits per heavy atom. The van der Waals surface area contributed by atoms with Gasteiger partial charge in [-0.15, -0.1) is 0 Å². The number of aliphatic carboxylic acids is 1. The van der Waals surface area contributed by atoms with Crippen molar-refractivity contribution in [3.8, 4) is 0 Å². The third-order valence-corrected chi connectivity index (χ3v) is 9.20. The molecule has 0 rings (SSSR count). The highest BCUT2D eigenvalue weighted by molar-refractivity contribution is 5.87. The summed E-state index contributed by atoms with van der Waals surface area (Å²) in [5.74, 6) is -2.30. The molecule has 2 amide bonds. The van der Waals surface area contributed by atoms with Crippen molar-refractivity contribution < 1.29 is 34.1 Å². The second-order valence-corrected chi connectivity index (χ2v) is 14.1. The van der Waals surface area contributed by atoms with Gasteiger partial charge in [-0.25, -0.2) is 4.79 Å². The van der Waals surface area contributed by atoms with Crippen molar-refractivity contribution in [1.29, 1.82) is 0 Å². The molecule has 51 heavy (non-hydrogen) atoms. The number of allylic oxidation sites excluding steroid dienone is 4. The van der Waals surface area contributed by atoms with E-state index in [0.29, 0.717) is 19.3 Å². The normalized spacial score (nSPS) is 12.7.